The van der Waals surface area contributed by atoms with Crippen molar-refractivity contribution >= 4 is 43.6 Å². The molecular weight excluding hydrogens is 921 g/mol. The van der Waals surface area contributed by atoms with E-state index in [1.165, 1.54) is 0 Å². The van der Waals surface area contributed by atoms with Crippen LogP contribution in [0.1, 0.15) is 57.7 Å². The molecule has 0 N–H and O–H groups in total. The molecule has 0 aliphatic carbocycles. The van der Waals surface area contributed by atoms with Crippen LogP contribution in [0.25, 0.3) is 112 Å². The van der Waals surface area contributed by atoms with Crippen LogP contribution in [0.5, 0.6) is 0 Å². The van der Waals surface area contributed by atoms with E-state index >= 15 is 0 Å². The van der Waals surface area contributed by atoms with Gasteiger partial charge in [0.05, 0.1) is 56.7 Å². The first-order chi connectivity index (χ1) is 35.8. The Morgan fingerprint density at radius 1 is 0.311 bits per heavy atom. The van der Waals surface area contributed by atoms with Gasteiger partial charge in [-0.3, -0.25) is 0 Å². The number of hydrogen-bond acceptors (Lipinski definition) is 14. The smallest absolute Gasteiger partial charge is 0.163 e. The highest BCUT2D eigenvalue weighted by Gasteiger charge is 2.26. The van der Waals surface area contributed by atoms with Crippen molar-refractivity contribution in [3.05, 3.63) is 167 Å². The van der Waals surface area contributed by atoms with Crippen molar-refractivity contribution in [2.75, 3.05) is 0 Å². The van der Waals surface area contributed by atoms with Crippen LogP contribution >= 0.6 is 0 Å². The average molecular weight is 963 g/mol. The second-order valence-electron chi connectivity index (χ2n) is 18.3. The van der Waals surface area contributed by atoms with Gasteiger partial charge in [0.2, 0.25) is 0 Å². The van der Waals surface area contributed by atoms with E-state index in [-0.39, 0.29) is 0 Å². The Bertz CT molecular complexity index is 3910. The Morgan fingerprint density at radius 3 is 0.892 bits per heavy atom. The molecule has 0 amide bonds. The third-order valence-electron chi connectivity index (χ3n) is 13.0. The molecule has 16 heteroatoms. The fourth-order valence-electron chi connectivity index (χ4n) is 10.2. The minimum atomic E-state index is 0.389. The summed E-state index contributed by atoms with van der Waals surface area (Å²) in [7, 11) is 0. The van der Waals surface area contributed by atoms with Crippen LogP contribution in [0, 0.1) is 78.1 Å². The minimum Gasteiger partial charge on any atom is -0.308 e. The predicted octanol–water partition coefficient (Wildman–Crippen LogP) is 11.2. The second-order valence-corrected chi connectivity index (χ2v) is 18.3. The first-order valence-corrected chi connectivity index (χ1v) is 23.8. The lowest BCUT2D eigenvalue weighted by molar-refractivity contribution is 0.928. The highest BCUT2D eigenvalue weighted by Crippen LogP contribution is 2.45. The molecule has 0 aliphatic heterocycles. The van der Waals surface area contributed by atoms with E-state index in [2.05, 4.69) is 89.7 Å². The minimum absolute atomic E-state index is 0.389. The van der Waals surface area contributed by atoms with Crippen LogP contribution in [-0.2, 0) is 0 Å². The fraction of sp³-hybridized carbons (Fsp3) is 0.138. The third-order valence-corrected chi connectivity index (χ3v) is 13.0. The maximum atomic E-state index is 11.3. The van der Waals surface area contributed by atoms with Crippen LogP contribution in [0.2, 0.25) is 0 Å². The zero-order valence-corrected chi connectivity index (χ0v) is 41.5. The number of aromatic nitrogens is 14. The second kappa shape index (κ2) is 17.4. The zero-order valence-electron chi connectivity index (χ0n) is 41.5. The van der Waals surface area contributed by atoms with Gasteiger partial charge in [-0.15, -0.1) is 0 Å². The van der Waals surface area contributed by atoms with Crippen LogP contribution < -0.4 is 0 Å². The van der Waals surface area contributed by atoms with Crippen LogP contribution in [0.15, 0.2) is 109 Å². The standard InChI is InChI=1S/C58H42N16/c1-29-61-30(2)66-55(65-29)40-12-16-44-45-17-13-41(56-67-31(3)62-32(4)68-56)24-49(45)73(48(44)23-40)52-21-38(28-60)22-53(54(52)39-11-9-10-37(20-39)27-59)74-50-25-42(57-69-33(5)63-34(6)70-57)14-18-46(50)47-19-15-43(26-51(47)74)58-71-35(7)64-36(8)72-58/h9-26H,1-8H3. The van der Waals surface area contributed by atoms with Crippen molar-refractivity contribution in [3.63, 3.8) is 0 Å². The lowest BCUT2D eigenvalue weighted by Crippen LogP contribution is -2.06. The van der Waals surface area contributed by atoms with Crippen molar-refractivity contribution in [2.24, 2.45) is 0 Å². The quantitative estimate of drug-likeness (QED) is 0.145. The number of nitriles is 2. The van der Waals surface area contributed by atoms with Gasteiger partial charge in [0.1, 0.15) is 46.6 Å². The van der Waals surface area contributed by atoms with Crippen molar-refractivity contribution in [3.8, 4) is 80.2 Å². The molecular formula is C58H42N16. The van der Waals surface area contributed by atoms with E-state index in [0.717, 1.165) is 77.0 Å². The fourth-order valence-corrected chi connectivity index (χ4v) is 10.2. The van der Waals surface area contributed by atoms with Gasteiger partial charge in [-0.25, -0.2) is 59.8 Å². The summed E-state index contributed by atoms with van der Waals surface area (Å²) >= 11 is 0. The Labute approximate surface area is 423 Å². The average Bonchev–Trinajstić information content (AvgIpc) is 3.89. The molecule has 74 heavy (non-hydrogen) atoms. The molecule has 0 radical (unpaired) electrons. The summed E-state index contributed by atoms with van der Waals surface area (Å²) in [4.78, 5) is 56.1. The molecule has 16 nitrogen and oxygen atoms in total. The molecule has 0 atom stereocenters. The SMILES string of the molecule is Cc1nc(C)nc(-c2ccc3c4ccc(-c5nc(C)nc(C)n5)cc4n(-c4cc(C#N)cc(-n5c6cc(-c7nc(C)nc(C)n7)ccc6c6ccc(-c7nc(C)nc(C)n7)cc65)c4-c4cccc(C#N)c4)c3c2)n1. The monoisotopic (exact) mass is 962 g/mol. The number of rotatable bonds is 7. The van der Waals surface area contributed by atoms with Gasteiger partial charge in [-0.05, 0) is 109 Å². The number of fused-ring (bicyclic) bond motifs is 6. The molecule has 354 valence electrons. The molecule has 0 spiro atoms. The number of nitrogens with zero attached hydrogens (tertiary/aromatic N) is 16. The third kappa shape index (κ3) is 7.78. The Morgan fingerprint density at radius 2 is 0.608 bits per heavy atom. The number of aryl methyl sites for hydroxylation is 8. The van der Waals surface area contributed by atoms with E-state index in [0.29, 0.717) is 92.4 Å². The number of benzene rings is 6. The molecule has 0 saturated carbocycles. The highest BCUT2D eigenvalue weighted by molar-refractivity contribution is 6.14. The molecule has 0 aliphatic rings. The first-order valence-electron chi connectivity index (χ1n) is 23.8. The van der Waals surface area contributed by atoms with Gasteiger partial charge in [-0.1, -0.05) is 60.7 Å². The molecule has 12 aromatic rings. The summed E-state index contributed by atoms with van der Waals surface area (Å²) in [6.07, 6.45) is 0. The van der Waals surface area contributed by atoms with Gasteiger partial charge in [0.25, 0.3) is 0 Å². The predicted molar refractivity (Wildman–Crippen MR) is 283 cm³/mol. The topological polar surface area (TPSA) is 212 Å². The van der Waals surface area contributed by atoms with E-state index < -0.39 is 0 Å². The van der Waals surface area contributed by atoms with Gasteiger partial charge >= 0.3 is 0 Å². The summed E-state index contributed by atoms with van der Waals surface area (Å²) in [5, 5.41) is 25.5. The zero-order chi connectivity index (χ0) is 51.1. The lowest BCUT2D eigenvalue weighted by Gasteiger charge is -2.21. The molecule has 6 aromatic carbocycles. The van der Waals surface area contributed by atoms with Gasteiger partial charge < -0.3 is 9.13 Å². The van der Waals surface area contributed by atoms with E-state index in [9.17, 15) is 10.5 Å². The molecule has 0 unspecified atom stereocenters. The summed E-state index contributed by atoms with van der Waals surface area (Å²) in [5.74, 6) is 6.94. The van der Waals surface area contributed by atoms with Crippen LogP contribution in [0.3, 0.4) is 0 Å². The van der Waals surface area contributed by atoms with E-state index in [1.807, 2.05) is 110 Å². The van der Waals surface area contributed by atoms with Crippen molar-refractivity contribution < 1.29 is 0 Å². The highest BCUT2D eigenvalue weighted by atomic mass is 15.1. The summed E-state index contributed by atoms with van der Waals surface area (Å²) in [6, 6.07) is 41.1. The molecule has 0 saturated heterocycles. The van der Waals surface area contributed by atoms with Gasteiger partial charge in [-0.2, -0.15) is 10.5 Å². The molecule has 6 heterocycles. The summed E-state index contributed by atoms with van der Waals surface area (Å²) < 4.78 is 4.38. The Kier molecular flexibility index (Phi) is 10.6. The summed E-state index contributed by atoms with van der Waals surface area (Å²) in [6.45, 7) is 14.9. The maximum absolute atomic E-state index is 11.3. The van der Waals surface area contributed by atoms with Crippen LogP contribution in [0.4, 0.5) is 0 Å². The first kappa shape index (κ1) is 45.1. The van der Waals surface area contributed by atoms with E-state index in [1.54, 1.807) is 6.07 Å². The van der Waals surface area contributed by atoms with Crippen LogP contribution in [-0.4, -0.2) is 68.9 Å². The van der Waals surface area contributed by atoms with Crippen molar-refractivity contribution in [2.45, 2.75) is 55.4 Å². The van der Waals surface area contributed by atoms with Crippen molar-refractivity contribution in [1.82, 2.24) is 68.9 Å². The largest absolute Gasteiger partial charge is 0.308 e. The normalized spacial score (nSPS) is 11.5. The Balaban J connectivity index is 1.26. The lowest BCUT2D eigenvalue weighted by atomic mass is 9.96. The maximum Gasteiger partial charge on any atom is 0.163 e. The molecule has 0 fully saturated rings. The molecule has 12 rings (SSSR count). The van der Waals surface area contributed by atoms with Gasteiger partial charge in [0, 0.05) is 49.4 Å². The number of hydrogen-bond donors (Lipinski definition) is 0. The molecule has 0 bridgehead atoms. The Hall–Kier alpha value is -10.1. The van der Waals surface area contributed by atoms with Crippen molar-refractivity contribution in [1.29, 1.82) is 10.5 Å². The molecule has 6 aromatic heterocycles. The van der Waals surface area contributed by atoms with E-state index in [4.69, 9.17) is 39.9 Å². The summed E-state index contributed by atoms with van der Waals surface area (Å²) in [5.41, 5.74) is 10.1. The van der Waals surface area contributed by atoms with Gasteiger partial charge in [0.15, 0.2) is 23.3 Å².